The second-order valence-corrected chi connectivity index (χ2v) is 16.0. The number of para-hydroxylation sites is 2. The lowest BCUT2D eigenvalue weighted by atomic mass is 9.80. The maximum atomic E-state index is 12.6. The predicted octanol–water partition coefficient (Wildman–Crippen LogP) is 6.94. The molecule has 6 aromatic carbocycles. The van der Waals surface area contributed by atoms with Crippen molar-refractivity contribution in [2.75, 3.05) is 16.0 Å². The standard InChI is InChI=1S/C37H31N3O10S3/c41-37(25-12-18-28(19-13-25)38-31-6-5-7-32(24-31)51(42,43)44,26-14-20-29(21-15-26)39-33-8-1-3-10-35(33)52(45,46)47)27-16-22-30(23-17-27)40-34-9-2-4-11-36(34)53(48,49)50/h1-24,38-41H,(H,42,43,44)(H,45,46,47)(H,48,49,50). The van der Waals surface area contributed by atoms with Gasteiger partial charge < -0.3 is 21.1 Å². The van der Waals surface area contributed by atoms with Crippen LogP contribution >= 0.6 is 0 Å². The van der Waals surface area contributed by atoms with Crippen LogP contribution in [0.25, 0.3) is 0 Å². The van der Waals surface area contributed by atoms with Gasteiger partial charge in [-0.1, -0.05) is 66.7 Å². The summed E-state index contributed by atoms with van der Waals surface area (Å²) in [5.74, 6) is 0. The van der Waals surface area contributed by atoms with Crippen LogP contribution in [0.5, 0.6) is 0 Å². The Morgan fingerprint density at radius 3 is 1.15 bits per heavy atom. The van der Waals surface area contributed by atoms with Gasteiger partial charge >= 0.3 is 0 Å². The molecule has 13 nitrogen and oxygen atoms in total. The molecule has 0 fully saturated rings. The Hall–Kier alpha value is -5.59. The fraction of sp³-hybridized carbons (Fsp3) is 0.0270. The van der Waals surface area contributed by atoms with Crippen LogP contribution in [0.2, 0.25) is 0 Å². The molecule has 0 saturated carbocycles. The number of nitrogens with one attached hydrogen (secondary N) is 3. The van der Waals surface area contributed by atoms with Crippen LogP contribution in [-0.2, 0) is 36.0 Å². The highest BCUT2D eigenvalue weighted by atomic mass is 32.2. The fourth-order valence-electron chi connectivity index (χ4n) is 5.69. The molecular formula is C37H31N3O10S3. The Morgan fingerprint density at radius 2 is 0.774 bits per heavy atom. The van der Waals surface area contributed by atoms with Crippen LogP contribution in [-0.4, -0.2) is 44.0 Å². The van der Waals surface area contributed by atoms with Crippen LogP contribution in [0.1, 0.15) is 16.7 Å². The summed E-state index contributed by atoms with van der Waals surface area (Å²) in [5, 5.41) is 21.6. The molecule has 7 N–H and O–H groups in total. The molecule has 0 aliphatic heterocycles. The Balaban J connectivity index is 1.36. The van der Waals surface area contributed by atoms with E-state index in [1.165, 1.54) is 54.6 Å². The van der Waals surface area contributed by atoms with Gasteiger partial charge in [-0.15, -0.1) is 0 Å². The van der Waals surface area contributed by atoms with Crippen molar-refractivity contribution in [3.8, 4) is 0 Å². The molecule has 0 saturated heterocycles. The lowest BCUT2D eigenvalue weighted by Gasteiger charge is -2.31. The predicted molar refractivity (Wildman–Crippen MR) is 200 cm³/mol. The van der Waals surface area contributed by atoms with E-state index in [4.69, 9.17) is 0 Å². The van der Waals surface area contributed by atoms with Crippen molar-refractivity contribution in [2.24, 2.45) is 0 Å². The largest absolute Gasteiger partial charge is 0.376 e. The average Bonchev–Trinajstić information content (AvgIpc) is 3.12. The number of aliphatic hydroxyl groups is 1. The molecule has 53 heavy (non-hydrogen) atoms. The summed E-state index contributed by atoms with van der Waals surface area (Å²) >= 11 is 0. The molecular weight excluding hydrogens is 743 g/mol. The maximum Gasteiger partial charge on any atom is 0.296 e. The maximum absolute atomic E-state index is 12.6. The molecule has 0 aromatic heterocycles. The Bertz CT molecular complexity index is 2500. The SMILES string of the molecule is O=S(=O)(O)c1cccc(Nc2ccc(C(O)(c3ccc(Nc4ccccc4S(=O)(=O)O)cc3)c3ccc(Nc4ccccc4S(=O)(=O)O)cc3)cc2)c1. The lowest BCUT2D eigenvalue weighted by molar-refractivity contribution is 0.126. The van der Waals surface area contributed by atoms with E-state index >= 15 is 0 Å². The number of anilines is 6. The van der Waals surface area contributed by atoms with Gasteiger partial charge in [0.25, 0.3) is 30.4 Å². The van der Waals surface area contributed by atoms with Crippen molar-refractivity contribution in [3.05, 3.63) is 162 Å². The number of hydrogen-bond donors (Lipinski definition) is 7. The highest BCUT2D eigenvalue weighted by Gasteiger charge is 2.34. The van der Waals surface area contributed by atoms with Gasteiger partial charge in [0.2, 0.25) is 0 Å². The first-order valence-corrected chi connectivity index (χ1v) is 19.9. The minimum atomic E-state index is -4.52. The molecule has 0 amide bonds. The topological polar surface area (TPSA) is 219 Å². The zero-order valence-corrected chi connectivity index (χ0v) is 29.8. The minimum Gasteiger partial charge on any atom is -0.376 e. The summed E-state index contributed by atoms with van der Waals surface area (Å²) in [7, 11) is -13.5. The highest BCUT2D eigenvalue weighted by molar-refractivity contribution is 7.86. The molecule has 6 aromatic rings. The molecule has 0 aliphatic rings. The number of rotatable bonds is 12. The zero-order chi connectivity index (χ0) is 38.0. The van der Waals surface area contributed by atoms with Crippen molar-refractivity contribution in [3.63, 3.8) is 0 Å². The molecule has 272 valence electrons. The highest BCUT2D eigenvalue weighted by Crippen LogP contribution is 2.39. The molecule has 0 heterocycles. The van der Waals surface area contributed by atoms with Crippen molar-refractivity contribution in [1.29, 1.82) is 0 Å². The van der Waals surface area contributed by atoms with E-state index in [0.717, 1.165) is 0 Å². The number of hydrogen-bond acceptors (Lipinski definition) is 10. The van der Waals surface area contributed by atoms with Crippen LogP contribution in [0, 0.1) is 0 Å². The van der Waals surface area contributed by atoms with E-state index in [1.807, 2.05) is 0 Å². The molecule has 16 heteroatoms. The third kappa shape index (κ3) is 8.40. The van der Waals surface area contributed by atoms with Gasteiger partial charge in [0.1, 0.15) is 15.4 Å². The van der Waals surface area contributed by atoms with Crippen molar-refractivity contribution in [1.82, 2.24) is 0 Å². The second kappa shape index (κ2) is 14.4. The summed E-state index contributed by atoms with van der Waals surface area (Å²) < 4.78 is 99.7. The third-order valence-electron chi connectivity index (χ3n) is 8.22. The van der Waals surface area contributed by atoms with E-state index < -0.39 is 36.0 Å². The molecule has 0 bridgehead atoms. The van der Waals surface area contributed by atoms with Gasteiger partial charge in [-0.05, 0) is 95.6 Å². The van der Waals surface area contributed by atoms with E-state index in [1.54, 1.807) is 91.0 Å². The summed E-state index contributed by atoms with van der Waals surface area (Å²) in [6.45, 7) is 0. The van der Waals surface area contributed by atoms with Crippen LogP contribution in [0.3, 0.4) is 0 Å². The minimum absolute atomic E-state index is 0.141. The Labute approximate surface area is 305 Å². The van der Waals surface area contributed by atoms with Crippen molar-refractivity contribution >= 4 is 64.5 Å². The fourth-order valence-corrected chi connectivity index (χ4v) is 7.51. The monoisotopic (exact) mass is 773 g/mol. The van der Waals surface area contributed by atoms with E-state index in [9.17, 15) is 44.0 Å². The molecule has 0 spiro atoms. The summed E-state index contributed by atoms with van der Waals surface area (Å²) in [4.78, 5) is -0.911. The summed E-state index contributed by atoms with van der Waals surface area (Å²) in [6, 6.07) is 37.0. The molecule has 6 rings (SSSR count). The molecule has 0 aliphatic carbocycles. The molecule has 0 unspecified atom stereocenters. The first-order chi connectivity index (χ1) is 25.0. The summed E-state index contributed by atoms with van der Waals surface area (Å²) in [6.07, 6.45) is 0. The van der Waals surface area contributed by atoms with Crippen LogP contribution in [0.4, 0.5) is 34.1 Å². The van der Waals surface area contributed by atoms with Crippen LogP contribution in [0.15, 0.2) is 160 Å². The van der Waals surface area contributed by atoms with Crippen LogP contribution < -0.4 is 16.0 Å². The summed E-state index contributed by atoms with van der Waals surface area (Å²) in [5.41, 5.74) is 1.56. The van der Waals surface area contributed by atoms with Crippen molar-refractivity contribution in [2.45, 2.75) is 20.3 Å². The van der Waals surface area contributed by atoms with E-state index in [0.29, 0.717) is 39.4 Å². The van der Waals surface area contributed by atoms with Gasteiger partial charge in [-0.3, -0.25) is 13.7 Å². The van der Waals surface area contributed by atoms with Gasteiger partial charge in [0.05, 0.1) is 16.3 Å². The smallest absolute Gasteiger partial charge is 0.296 e. The first-order valence-electron chi connectivity index (χ1n) is 15.6. The molecule has 0 atom stereocenters. The van der Waals surface area contributed by atoms with Gasteiger partial charge in [0.15, 0.2) is 0 Å². The first kappa shape index (κ1) is 37.2. The van der Waals surface area contributed by atoms with Gasteiger partial charge in [-0.2, -0.15) is 25.3 Å². The average molecular weight is 774 g/mol. The van der Waals surface area contributed by atoms with Gasteiger partial charge in [0, 0.05) is 22.7 Å². The second-order valence-electron chi connectivity index (χ2n) is 11.8. The van der Waals surface area contributed by atoms with Gasteiger partial charge in [-0.25, -0.2) is 0 Å². The normalized spacial score (nSPS) is 12.2. The van der Waals surface area contributed by atoms with E-state index in [2.05, 4.69) is 16.0 Å². The number of benzene rings is 6. The Morgan fingerprint density at radius 1 is 0.396 bits per heavy atom. The zero-order valence-electron chi connectivity index (χ0n) is 27.3. The quantitative estimate of drug-likeness (QED) is 0.0496. The van der Waals surface area contributed by atoms with E-state index in [-0.39, 0.29) is 26.1 Å². The molecule has 0 radical (unpaired) electrons. The Kier molecular flexibility index (Phi) is 10.1. The van der Waals surface area contributed by atoms with Crippen molar-refractivity contribution < 1.29 is 44.0 Å². The third-order valence-corrected chi connectivity index (χ3v) is 10.9. The lowest BCUT2D eigenvalue weighted by Crippen LogP contribution is -2.28.